The zero-order chi connectivity index (χ0) is 21.3. The van der Waals surface area contributed by atoms with Gasteiger partial charge in [0.05, 0.1) is 7.11 Å². The second-order valence-corrected chi connectivity index (χ2v) is 10.0. The molecule has 1 saturated carbocycles. The lowest BCUT2D eigenvalue weighted by Crippen LogP contribution is -2.36. The van der Waals surface area contributed by atoms with Crippen LogP contribution in [-0.4, -0.2) is 16.9 Å². The molecule has 0 heterocycles. The summed E-state index contributed by atoms with van der Waals surface area (Å²) in [4.78, 5) is 18.4. The molecule has 3 aliphatic rings. The van der Waals surface area contributed by atoms with Crippen molar-refractivity contribution in [3.05, 3.63) is 46.5 Å². The van der Waals surface area contributed by atoms with Gasteiger partial charge in [0, 0.05) is 11.5 Å². The van der Waals surface area contributed by atoms with Crippen molar-refractivity contribution in [2.75, 3.05) is 7.11 Å². The Kier molecular flexibility index (Phi) is 6.43. The Hall–Kier alpha value is -1.55. The monoisotopic (exact) mass is 432 g/mol. The van der Waals surface area contributed by atoms with Gasteiger partial charge in [-0.3, -0.25) is 9.79 Å². The number of methoxy groups -OCH3 is 1. The summed E-state index contributed by atoms with van der Waals surface area (Å²) < 4.78 is 22.2. The van der Waals surface area contributed by atoms with Gasteiger partial charge in [0.1, 0.15) is 11.5 Å². The van der Waals surface area contributed by atoms with E-state index in [2.05, 4.69) is 6.92 Å². The molecule has 3 atom stereocenters. The molecule has 3 unspecified atom stereocenters. The van der Waals surface area contributed by atoms with Crippen LogP contribution in [0.4, 0.5) is 0 Å². The predicted molar refractivity (Wildman–Crippen MR) is 118 cm³/mol. The number of phosphoric ester groups is 1. The summed E-state index contributed by atoms with van der Waals surface area (Å²) in [5.74, 6) is 2.60. The van der Waals surface area contributed by atoms with Crippen molar-refractivity contribution in [2.24, 2.45) is 17.8 Å². The lowest BCUT2D eigenvalue weighted by Gasteiger charge is -2.48. The first-order valence-electron chi connectivity index (χ1n) is 11.3. The SMILES string of the molecule is CCCC1C2=C(CCCC2)C2CCCC1C2=C(OC)c1cccc(OP(=O)(O)O)c1. The molecule has 3 aliphatic carbocycles. The average molecular weight is 432 g/mol. The maximum Gasteiger partial charge on any atom is 0.524 e. The molecular weight excluding hydrogens is 399 g/mol. The minimum atomic E-state index is -4.60. The van der Waals surface area contributed by atoms with E-state index in [1.807, 2.05) is 6.07 Å². The molecule has 1 fully saturated rings. The van der Waals surface area contributed by atoms with E-state index in [1.165, 1.54) is 63.4 Å². The first kappa shape index (κ1) is 21.7. The lowest BCUT2D eigenvalue weighted by atomic mass is 9.57. The Bertz CT molecular complexity index is 897. The van der Waals surface area contributed by atoms with E-state index in [9.17, 15) is 14.4 Å². The summed E-state index contributed by atoms with van der Waals surface area (Å²) in [7, 11) is -2.88. The summed E-state index contributed by atoms with van der Waals surface area (Å²) in [6, 6.07) is 6.99. The maximum atomic E-state index is 11.3. The molecule has 30 heavy (non-hydrogen) atoms. The van der Waals surface area contributed by atoms with Crippen LogP contribution in [0.25, 0.3) is 5.76 Å². The fourth-order valence-electron chi connectivity index (χ4n) is 6.15. The molecule has 0 spiro atoms. The molecule has 0 saturated heterocycles. The third-order valence-electron chi connectivity index (χ3n) is 7.08. The number of benzene rings is 1. The van der Waals surface area contributed by atoms with Gasteiger partial charge >= 0.3 is 7.82 Å². The Morgan fingerprint density at radius 3 is 2.60 bits per heavy atom. The summed E-state index contributed by atoms with van der Waals surface area (Å²) in [6.45, 7) is 2.28. The number of hydrogen-bond acceptors (Lipinski definition) is 3. The van der Waals surface area contributed by atoms with Crippen molar-refractivity contribution >= 4 is 13.6 Å². The van der Waals surface area contributed by atoms with Gasteiger partial charge in [0.25, 0.3) is 0 Å². The highest BCUT2D eigenvalue weighted by Crippen LogP contribution is 2.56. The molecule has 0 radical (unpaired) electrons. The molecule has 0 amide bonds. The van der Waals surface area contributed by atoms with Gasteiger partial charge in [-0.15, -0.1) is 0 Å². The van der Waals surface area contributed by atoms with E-state index in [1.54, 1.807) is 36.5 Å². The summed E-state index contributed by atoms with van der Waals surface area (Å²) in [5.41, 5.74) is 5.67. The Balaban J connectivity index is 1.83. The first-order chi connectivity index (χ1) is 14.4. The van der Waals surface area contributed by atoms with Gasteiger partial charge in [0.15, 0.2) is 0 Å². The molecule has 0 aliphatic heterocycles. The second kappa shape index (κ2) is 8.90. The van der Waals surface area contributed by atoms with Crippen molar-refractivity contribution in [3.8, 4) is 5.75 Å². The highest BCUT2D eigenvalue weighted by molar-refractivity contribution is 7.46. The molecule has 5 nitrogen and oxygen atoms in total. The number of ether oxygens (including phenoxy) is 1. The van der Waals surface area contributed by atoms with Crippen LogP contribution < -0.4 is 4.52 Å². The lowest BCUT2D eigenvalue weighted by molar-refractivity contribution is 0.248. The van der Waals surface area contributed by atoms with E-state index < -0.39 is 7.82 Å². The Labute approximate surface area is 179 Å². The molecule has 2 bridgehead atoms. The zero-order valence-electron chi connectivity index (χ0n) is 18.0. The third kappa shape index (κ3) is 4.26. The molecule has 4 rings (SSSR count). The van der Waals surface area contributed by atoms with Crippen LogP contribution >= 0.6 is 7.82 Å². The van der Waals surface area contributed by atoms with Gasteiger partial charge in [0.2, 0.25) is 0 Å². The normalized spacial score (nSPS) is 28.1. The van der Waals surface area contributed by atoms with Gasteiger partial charge in [-0.2, -0.15) is 0 Å². The van der Waals surface area contributed by atoms with E-state index >= 15 is 0 Å². The highest BCUT2D eigenvalue weighted by atomic mass is 31.2. The predicted octanol–water partition coefficient (Wildman–Crippen LogP) is 6.23. The summed E-state index contributed by atoms with van der Waals surface area (Å²) in [6.07, 6.45) is 11.1. The van der Waals surface area contributed by atoms with E-state index in [0.717, 1.165) is 11.3 Å². The van der Waals surface area contributed by atoms with Crippen molar-refractivity contribution < 1.29 is 23.6 Å². The molecule has 2 N–H and O–H groups in total. The standard InChI is InChI=1S/C24H33O5P/c1-3-8-18-19-11-4-5-12-20(19)22-14-7-13-21(18)23(22)24(28-2)16-9-6-10-17(15-16)29-30(25,26)27/h6,9-10,15,18,21-22H,3-5,7-8,11-14H2,1-2H3,(H2,25,26,27). The van der Waals surface area contributed by atoms with Crippen LogP contribution in [0, 0.1) is 17.8 Å². The Morgan fingerprint density at radius 2 is 1.90 bits per heavy atom. The number of hydrogen-bond donors (Lipinski definition) is 2. The van der Waals surface area contributed by atoms with Gasteiger partial charge in [-0.05, 0) is 74.5 Å². The topological polar surface area (TPSA) is 76.0 Å². The minimum absolute atomic E-state index is 0.166. The molecule has 1 aromatic carbocycles. The highest BCUT2D eigenvalue weighted by Gasteiger charge is 2.44. The number of allylic oxidation sites excluding steroid dienone is 3. The van der Waals surface area contributed by atoms with Crippen molar-refractivity contribution in [1.29, 1.82) is 0 Å². The van der Waals surface area contributed by atoms with E-state index in [0.29, 0.717) is 17.8 Å². The van der Waals surface area contributed by atoms with Crippen LogP contribution in [0.2, 0.25) is 0 Å². The number of rotatable bonds is 6. The molecule has 1 aromatic rings. The number of fused-ring (bicyclic) bond motifs is 3. The van der Waals surface area contributed by atoms with Gasteiger partial charge in [-0.1, -0.05) is 43.0 Å². The molecule has 0 aromatic heterocycles. The summed E-state index contributed by atoms with van der Waals surface area (Å²) >= 11 is 0. The minimum Gasteiger partial charge on any atom is -0.496 e. The van der Waals surface area contributed by atoms with Crippen LogP contribution in [0.5, 0.6) is 5.75 Å². The van der Waals surface area contributed by atoms with Gasteiger partial charge in [-0.25, -0.2) is 4.57 Å². The van der Waals surface area contributed by atoms with Gasteiger partial charge < -0.3 is 9.26 Å². The first-order valence-corrected chi connectivity index (χ1v) is 12.8. The third-order valence-corrected chi connectivity index (χ3v) is 7.53. The average Bonchev–Trinajstić information content (AvgIpc) is 2.71. The van der Waals surface area contributed by atoms with Crippen molar-refractivity contribution in [1.82, 2.24) is 0 Å². The van der Waals surface area contributed by atoms with Crippen LogP contribution in [0.3, 0.4) is 0 Å². The molecule has 164 valence electrons. The van der Waals surface area contributed by atoms with Crippen LogP contribution in [-0.2, 0) is 9.30 Å². The summed E-state index contributed by atoms with van der Waals surface area (Å²) in [5, 5.41) is 0. The van der Waals surface area contributed by atoms with E-state index in [4.69, 9.17) is 9.26 Å². The quantitative estimate of drug-likeness (QED) is 0.316. The van der Waals surface area contributed by atoms with Crippen LogP contribution in [0.1, 0.15) is 70.3 Å². The number of phosphoric acid groups is 1. The van der Waals surface area contributed by atoms with E-state index in [-0.39, 0.29) is 5.75 Å². The largest absolute Gasteiger partial charge is 0.524 e. The van der Waals surface area contributed by atoms with Crippen molar-refractivity contribution in [2.45, 2.75) is 64.7 Å². The fraction of sp³-hybridized carbons (Fsp3) is 0.583. The molecular formula is C24H33O5P. The van der Waals surface area contributed by atoms with Crippen molar-refractivity contribution in [3.63, 3.8) is 0 Å². The zero-order valence-corrected chi connectivity index (χ0v) is 18.9. The fourth-order valence-corrected chi connectivity index (χ4v) is 6.54. The molecule has 6 heteroatoms. The maximum absolute atomic E-state index is 11.3. The second-order valence-electron chi connectivity index (χ2n) is 8.84. The van der Waals surface area contributed by atoms with Crippen LogP contribution in [0.15, 0.2) is 41.0 Å². The smallest absolute Gasteiger partial charge is 0.496 e. The Morgan fingerprint density at radius 1 is 1.13 bits per heavy atom.